The van der Waals surface area contributed by atoms with E-state index in [2.05, 4.69) is 0 Å². The number of hydrogen-bond acceptors (Lipinski definition) is 3. The molecule has 0 aliphatic carbocycles. The van der Waals surface area contributed by atoms with Gasteiger partial charge in [0.1, 0.15) is 0 Å². The molecule has 1 aliphatic heterocycles. The highest BCUT2D eigenvalue weighted by atomic mass is 16.2. The van der Waals surface area contributed by atoms with Crippen molar-refractivity contribution in [2.24, 2.45) is 0 Å². The van der Waals surface area contributed by atoms with E-state index in [9.17, 15) is 9.59 Å². The third-order valence-corrected chi connectivity index (χ3v) is 2.05. The van der Waals surface area contributed by atoms with Gasteiger partial charge in [-0.2, -0.15) is 5.26 Å². The van der Waals surface area contributed by atoms with Gasteiger partial charge in [-0.3, -0.25) is 14.5 Å². The van der Waals surface area contributed by atoms with E-state index in [1.54, 1.807) is 0 Å². The summed E-state index contributed by atoms with van der Waals surface area (Å²) in [7, 11) is 0. The molecule has 1 rings (SSSR count). The summed E-state index contributed by atoms with van der Waals surface area (Å²) in [6.45, 7) is 0.408. The van der Waals surface area contributed by atoms with Gasteiger partial charge in [0.2, 0.25) is 11.8 Å². The zero-order chi connectivity index (χ0) is 9.68. The number of carbonyl (C=O) groups excluding carboxylic acids is 2. The molecule has 0 radical (unpaired) electrons. The van der Waals surface area contributed by atoms with Crippen molar-refractivity contribution in [2.75, 3.05) is 6.54 Å². The van der Waals surface area contributed by atoms with Gasteiger partial charge in [-0.15, -0.1) is 0 Å². The number of unbranched alkanes of at least 4 members (excludes halogenated alkanes) is 1. The molecule has 0 aromatic rings. The first kappa shape index (κ1) is 9.72. The quantitative estimate of drug-likeness (QED) is 0.477. The molecule has 0 spiro atoms. The van der Waals surface area contributed by atoms with Gasteiger partial charge in [0, 0.05) is 25.8 Å². The Labute approximate surface area is 77.1 Å². The van der Waals surface area contributed by atoms with Crippen LogP contribution in [-0.4, -0.2) is 23.3 Å². The SMILES string of the molecule is N#CCCCN1C(=O)CCCC1=O. The number of imide groups is 1. The lowest BCUT2D eigenvalue weighted by atomic mass is 10.1. The van der Waals surface area contributed by atoms with E-state index in [1.165, 1.54) is 4.90 Å². The minimum atomic E-state index is -0.0887. The normalized spacial score (nSPS) is 17.3. The highest BCUT2D eigenvalue weighted by Gasteiger charge is 2.24. The van der Waals surface area contributed by atoms with E-state index in [1.807, 2.05) is 6.07 Å². The lowest BCUT2D eigenvalue weighted by Crippen LogP contribution is -2.40. The topological polar surface area (TPSA) is 61.2 Å². The Kier molecular flexibility index (Phi) is 3.44. The zero-order valence-electron chi connectivity index (χ0n) is 7.45. The van der Waals surface area contributed by atoms with E-state index in [-0.39, 0.29) is 11.8 Å². The highest BCUT2D eigenvalue weighted by molar-refractivity contribution is 5.97. The van der Waals surface area contributed by atoms with Gasteiger partial charge in [-0.1, -0.05) is 0 Å². The molecule has 0 bridgehead atoms. The van der Waals surface area contributed by atoms with Gasteiger partial charge < -0.3 is 0 Å². The van der Waals surface area contributed by atoms with Gasteiger partial charge in [-0.25, -0.2) is 0 Å². The number of nitrogens with zero attached hydrogens (tertiary/aromatic N) is 2. The second kappa shape index (κ2) is 4.61. The van der Waals surface area contributed by atoms with Crippen LogP contribution in [0.1, 0.15) is 32.1 Å². The average Bonchev–Trinajstić information content (AvgIpc) is 2.10. The number of piperidine rings is 1. The fourth-order valence-electron chi connectivity index (χ4n) is 1.37. The van der Waals surface area contributed by atoms with Crippen LogP contribution in [0.15, 0.2) is 0 Å². The number of likely N-dealkylation sites (tertiary alicyclic amines) is 1. The van der Waals surface area contributed by atoms with Crippen molar-refractivity contribution in [1.82, 2.24) is 4.90 Å². The summed E-state index contributed by atoms with van der Waals surface area (Å²) >= 11 is 0. The molecule has 4 heteroatoms. The molecule has 70 valence electrons. The summed E-state index contributed by atoms with van der Waals surface area (Å²) in [4.78, 5) is 23.7. The molecule has 2 amide bonds. The van der Waals surface area contributed by atoms with Crippen LogP contribution in [0.5, 0.6) is 0 Å². The third kappa shape index (κ3) is 2.55. The minimum Gasteiger partial charge on any atom is -0.283 e. The lowest BCUT2D eigenvalue weighted by molar-refractivity contribution is -0.147. The van der Waals surface area contributed by atoms with Crippen molar-refractivity contribution in [3.8, 4) is 6.07 Å². The Morgan fingerprint density at radius 1 is 1.31 bits per heavy atom. The molecule has 1 heterocycles. The molecule has 0 unspecified atom stereocenters. The fourth-order valence-corrected chi connectivity index (χ4v) is 1.37. The summed E-state index contributed by atoms with van der Waals surface area (Å²) in [5.41, 5.74) is 0. The summed E-state index contributed by atoms with van der Waals surface area (Å²) in [5, 5.41) is 8.29. The van der Waals surface area contributed by atoms with Gasteiger partial charge in [0.15, 0.2) is 0 Å². The number of rotatable bonds is 3. The van der Waals surface area contributed by atoms with E-state index < -0.39 is 0 Å². The van der Waals surface area contributed by atoms with Crippen molar-refractivity contribution in [2.45, 2.75) is 32.1 Å². The highest BCUT2D eigenvalue weighted by Crippen LogP contribution is 2.12. The summed E-state index contributed by atoms with van der Waals surface area (Å²) in [6.07, 6.45) is 2.61. The number of amides is 2. The van der Waals surface area contributed by atoms with Crippen LogP contribution < -0.4 is 0 Å². The van der Waals surface area contributed by atoms with Crippen molar-refractivity contribution >= 4 is 11.8 Å². The van der Waals surface area contributed by atoms with Crippen molar-refractivity contribution in [1.29, 1.82) is 5.26 Å². The maximum atomic E-state index is 11.2. The number of hydrogen-bond donors (Lipinski definition) is 0. The maximum Gasteiger partial charge on any atom is 0.229 e. The molecule has 1 aliphatic rings. The van der Waals surface area contributed by atoms with Gasteiger partial charge >= 0.3 is 0 Å². The third-order valence-electron chi connectivity index (χ3n) is 2.05. The van der Waals surface area contributed by atoms with Crippen molar-refractivity contribution in [3.05, 3.63) is 0 Å². The molecule has 0 saturated carbocycles. The second-order valence-corrected chi connectivity index (χ2v) is 3.05. The fraction of sp³-hybridized carbons (Fsp3) is 0.667. The van der Waals surface area contributed by atoms with Crippen molar-refractivity contribution < 1.29 is 9.59 Å². The Balaban J connectivity index is 2.41. The predicted octanol–water partition coefficient (Wildman–Crippen LogP) is 0.829. The summed E-state index contributed by atoms with van der Waals surface area (Å²) in [5.74, 6) is -0.177. The standard InChI is InChI=1S/C9H12N2O2/c10-6-1-2-7-11-8(12)4-3-5-9(11)13/h1-5,7H2. The van der Waals surface area contributed by atoms with Crippen LogP contribution in [0, 0.1) is 11.3 Å². The second-order valence-electron chi connectivity index (χ2n) is 3.05. The molecule has 0 N–H and O–H groups in total. The Hall–Kier alpha value is -1.37. The van der Waals surface area contributed by atoms with Crippen LogP contribution in [0.25, 0.3) is 0 Å². The van der Waals surface area contributed by atoms with E-state index >= 15 is 0 Å². The van der Waals surface area contributed by atoms with Crippen molar-refractivity contribution in [3.63, 3.8) is 0 Å². The molecule has 4 nitrogen and oxygen atoms in total. The molecule has 13 heavy (non-hydrogen) atoms. The Bertz CT molecular complexity index is 239. The van der Waals surface area contributed by atoms with Gasteiger partial charge in [0.05, 0.1) is 6.07 Å². The first-order valence-corrected chi connectivity index (χ1v) is 4.46. The van der Waals surface area contributed by atoms with E-state index in [4.69, 9.17) is 5.26 Å². The molecular weight excluding hydrogens is 168 g/mol. The van der Waals surface area contributed by atoms with E-state index in [0.717, 1.165) is 0 Å². The molecule has 0 aromatic heterocycles. The van der Waals surface area contributed by atoms with Crippen LogP contribution in [0.3, 0.4) is 0 Å². The smallest absolute Gasteiger partial charge is 0.229 e. The van der Waals surface area contributed by atoms with Gasteiger partial charge in [-0.05, 0) is 12.8 Å². The van der Waals surface area contributed by atoms with Crippen LogP contribution >= 0.6 is 0 Å². The monoisotopic (exact) mass is 180 g/mol. The average molecular weight is 180 g/mol. The summed E-state index contributed by atoms with van der Waals surface area (Å²) in [6, 6.07) is 1.99. The largest absolute Gasteiger partial charge is 0.283 e. The first-order chi connectivity index (χ1) is 6.25. The molecular formula is C9H12N2O2. The maximum absolute atomic E-state index is 11.2. The molecule has 1 fully saturated rings. The van der Waals surface area contributed by atoms with Crippen LogP contribution in [-0.2, 0) is 9.59 Å². The predicted molar refractivity (Wildman–Crippen MR) is 45.4 cm³/mol. The molecule has 0 aromatic carbocycles. The van der Waals surface area contributed by atoms with E-state index in [0.29, 0.717) is 38.6 Å². The Morgan fingerprint density at radius 2 is 1.92 bits per heavy atom. The number of nitriles is 1. The minimum absolute atomic E-state index is 0.0887. The number of carbonyl (C=O) groups is 2. The van der Waals surface area contributed by atoms with Crippen LogP contribution in [0.4, 0.5) is 0 Å². The van der Waals surface area contributed by atoms with Crippen LogP contribution in [0.2, 0.25) is 0 Å². The first-order valence-electron chi connectivity index (χ1n) is 4.46. The molecule has 1 saturated heterocycles. The van der Waals surface area contributed by atoms with Gasteiger partial charge in [0.25, 0.3) is 0 Å². The zero-order valence-corrected chi connectivity index (χ0v) is 7.45. The Morgan fingerprint density at radius 3 is 2.46 bits per heavy atom. The lowest BCUT2D eigenvalue weighted by Gasteiger charge is -2.24. The molecule has 0 atom stereocenters. The summed E-state index contributed by atoms with van der Waals surface area (Å²) < 4.78 is 0.